The molecular weight excluding hydrogens is 267 g/mol. The maximum atomic E-state index is 5.58. The van der Waals surface area contributed by atoms with Gasteiger partial charge in [-0.3, -0.25) is 0 Å². The standard InChI is InChI=1S/C9H15IO2/c1-9(2)11-7-8(12-9)5-3-4-6-10/h3,5,8H,4,6-7H2,1-2H3/b5-3+/t8-/m1/s1. The fourth-order valence-corrected chi connectivity index (χ4v) is 1.48. The summed E-state index contributed by atoms with van der Waals surface area (Å²) in [4.78, 5) is 0. The molecule has 0 unspecified atom stereocenters. The van der Waals surface area contributed by atoms with Crippen molar-refractivity contribution in [2.45, 2.75) is 32.2 Å². The molecule has 1 aliphatic heterocycles. The maximum Gasteiger partial charge on any atom is 0.163 e. The van der Waals surface area contributed by atoms with Crippen LogP contribution in [0.2, 0.25) is 0 Å². The first-order chi connectivity index (χ1) is 5.64. The first-order valence-corrected chi connectivity index (χ1v) is 5.71. The topological polar surface area (TPSA) is 18.5 Å². The van der Waals surface area contributed by atoms with Gasteiger partial charge in [-0.2, -0.15) is 0 Å². The maximum absolute atomic E-state index is 5.58. The summed E-state index contributed by atoms with van der Waals surface area (Å²) in [6, 6.07) is 0. The minimum Gasteiger partial charge on any atom is -0.347 e. The third kappa shape index (κ3) is 3.41. The molecule has 1 atom stereocenters. The Bertz CT molecular complexity index is 166. The molecule has 0 aliphatic carbocycles. The lowest BCUT2D eigenvalue weighted by Crippen LogP contribution is -2.20. The average molecular weight is 282 g/mol. The van der Waals surface area contributed by atoms with Crippen LogP contribution in [0.5, 0.6) is 0 Å². The predicted octanol–water partition coefficient (Wildman–Crippen LogP) is 2.52. The van der Waals surface area contributed by atoms with Crippen LogP contribution in [0.15, 0.2) is 12.2 Å². The number of alkyl halides is 1. The van der Waals surface area contributed by atoms with Crippen molar-refractivity contribution in [3.8, 4) is 0 Å². The van der Waals surface area contributed by atoms with E-state index in [2.05, 4.69) is 34.7 Å². The number of allylic oxidation sites excluding steroid dienone is 1. The van der Waals surface area contributed by atoms with Crippen LogP contribution in [0.25, 0.3) is 0 Å². The Labute approximate surface area is 87.5 Å². The van der Waals surface area contributed by atoms with Gasteiger partial charge in [-0.15, -0.1) is 0 Å². The molecule has 1 heterocycles. The lowest BCUT2D eigenvalue weighted by molar-refractivity contribution is -0.133. The highest BCUT2D eigenvalue weighted by Crippen LogP contribution is 2.22. The lowest BCUT2D eigenvalue weighted by Gasteiger charge is -2.15. The van der Waals surface area contributed by atoms with E-state index >= 15 is 0 Å². The van der Waals surface area contributed by atoms with Crippen molar-refractivity contribution in [3.05, 3.63) is 12.2 Å². The van der Waals surface area contributed by atoms with Gasteiger partial charge < -0.3 is 9.47 Å². The summed E-state index contributed by atoms with van der Waals surface area (Å²) >= 11 is 2.36. The third-order valence-electron chi connectivity index (χ3n) is 1.66. The summed E-state index contributed by atoms with van der Waals surface area (Å²) < 4.78 is 12.2. The summed E-state index contributed by atoms with van der Waals surface area (Å²) in [6.45, 7) is 4.57. The molecule has 0 radical (unpaired) electrons. The second kappa shape index (κ2) is 4.58. The van der Waals surface area contributed by atoms with Crippen LogP contribution < -0.4 is 0 Å². The second-order valence-electron chi connectivity index (χ2n) is 3.27. The molecule has 0 aromatic heterocycles. The lowest BCUT2D eigenvalue weighted by atomic mass is 10.3. The molecule has 0 spiro atoms. The smallest absolute Gasteiger partial charge is 0.163 e. The van der Waals surface area contributed by atoms with E-state index in [0.29, 0.717) is 6.61 Å². The second-order valence-corrected chi connectivity index (χ2v) is 4.35. The van der Waals surface area contributed by atoms with E-state index in [9.17, 15) is 0 Å². The summed E-state index contributed by atoms with van der Waals surface area (Å²) in [6.07, 6.45) is 5.51. The molecule has 1 fully saturated rings. The van der Waals surface area contributed by atoms with Gasteiger partial charge in [-0.25, -0.2) is 0 Å². The highest BCUT2D eigenvalue weighted by Gasteiger charge is 2.30. The van der Waals surface area contributed by atoms with Crippen molar-refractivity contribution in [2.24, 2.45) is 0 Å². The van der Waals surface area contributed by atoms with Crippen LogP contribution in [0.4, 0.5) is 0 Å². The van der Waals surface area contributed by atoms with E-state index in [1.54, 1.807) is 0 Å². The molecule has 70 valence electrons. The minimum absolute atomic E-state index is 0.156. The summed E-state index contributed by atoms with van der Waals surface area (Å²) in [5.41, 5.74) is 0. The normalized spacial score (nSPS) is 28.4. The van der Waals surface area contributed by atoms with E-state index < -0.39 is 0 Å². The highest BCUT2D eigenvalue weighted by atomic mass is 127. The Hall–Kier alpha value is 0.390. The van der Waals surface area contributed by atoms with Gasteiger partial charge >= 0.3 is 0 Å². The first kappa shape index (κ1) is 10.5. The Kier molecular flexibility index (Phi) is 3.99. The molecule has 0 aromatic carbocycles. The van der Waals surface area contributed by atoms with Crippen molar-refractivity contribution in [3.63, 3.8) is 0 Å². The number of hydrogen-bond acceptors (Lipinski definition) is 2. The SMILES string of the molecule is CC1(C)OC[C@@H](/C=C/CCI)O1. The summed E-state index contributed by atoms with van der Waals surface area (Å²) in [5.74, 6) is -0.390. The fourth-order valence-electron chi connectivity index (χ4n) is 1.12. The third-order valence-corrected chi connectivity index (χ3v) is 2.28. The molecule has 0 saturated carbocycles. The number of hydrogen-bond donors (Lipinski definition) is 0. The van der Waals surface area contributed by atoms with Crippen molar-refractivity contribution < 1.29 is 9.47 Å². The van der Waals surface area contributed by atoms with E-state index in [-0.39, 0.29) is 11.9 Å². The van der Waals surface area contributed by atoms with E-state index in [1.165, 1.54) is 0 Å². The predicted molar refractivity (Wildman–Crippen MR) is 57.5 cm³/mol. The molecule has 2 nitrogen and oxygen atoms in total. The molecule has 1 aliphatic rings. The molecule has 12 heavy (non-hydrogen) atoms. The van der Waals surface area contributed by atoms with Crippen LogP contribution in [0.1, 0.15) is 20.3 Å². The highest BCUT2D eigenvalue weighted by molar-refractivity contribution is 14.1. The number of halogens is 1. The summed E-state index contributed by atoms with van der Waals surface area (Å²) in [5, 5.41) is 0. The van der Waals surface area contributed by atoms with Crippen LogP contribution in [-0.2, 0) is 9.47 Å². The monoisotopic (exact) mass is 282 g/mol. The van der Waals surface area contributed by atoms with Crippen LogP contribution in [-0.4, -0.2) is 22.9 Å². The molecule has 1 rings (SSSR count). The van der Waals surface area contributed by atoms with Gasteiger partial charge in [0.2, 0.25) is 0 Å². The van der Waals surface area contributed by atoms with Crippen molar-refractivity contribution >= 4 is 22.6 Å². The molecule has 0 bridgehead atoms. The van der Waals surface area contributed by atoms with Crippen molar-refractivity contribution in [1.82, 2.24) is 0 Å². The Morgan fingerprint density at radius 3 is 2.83 bits per heavy atom. The van der Waals surface area contributed by atoms with Gasteiger partial charge in [0.25, 0.3) is 0 Å². The molecular formula is C9H15IO2. The number of ether oxygens (including phenoxy) is 2. The van der Waals surface area contributed by atoms with Crippen LogP contribution in [0, 0.1) is 0 Å². The van der Waals surface area contributed by atoms with E-state index in [0.717, 1.165) is 10.8 Å². The zero-order valence-electron chi connectivity index (χ0n) is 7.55. The molecule has 0 N–H and O–H groups in total. The van der Waals surface area contributed by atoms with Gasteiger partial charge in [0.15, 0.2) is 5.79 Å². The average Bonchev–Trinajstić information content (AvgIpc) is 2.31. The van der Waals surface area contributed by atoms with Crippen LogP contribution in [0.3, 0.4) is 0 Å². The van der Waals surface area contributed by atoms with Gasteiger partial charge in [0.05, 0.1) is 6.61 Å². The molecule has 0 aromatic rings. The van der Waals surface area contributed by atoms with E-state index in [1.807, 2.05) is 13.8 Å². The minimum atomic E-state index is -0.390. The van der Waals surface area contributed by atoms with Crippen molar-refractivity contribution in [1.29, 1.82) is 0 Å². The fraction of sp³-hybridized carbons (Fsp3) is 0.778. The largest absolute Gasteiger partial charge is 0.347 e. The molecule has 0 amide bonds. The van der Waals surface area contributed by atoms with Gasteiger partial charge in [-0.1, -0.05) is 34.7 Å². The zero-order valence-corrected chi connectivity index (χ0v) is 9.71. The van der Waals surface area contributed by atoms with E-state index in [4.69, 9.17) is 9.47 Å². The van der Waals surface area contributed by atoms with Crippen LogP contribution >= 0.6 is 22.6 Å². The Morgan fingerprint density at radius 2 is 2.33 bits per heavy atom. The molecule has 3 heteroatoms. The van der Waals surface area contributed by atoms with Gasteiger partial charge in [0.1, 0.15) is 6.10 Å². The molecule has 1 saturated heterocycles. The quantitative estimate of drug-likeness (QED) is 0.450. The van der Waals surface area contributed by atoms with Gasteiger partial charge in [-0.05, 0) is 20.3 Å². The Morgan fingerprint density at radius 1 is 1.58 bits per heavy atom. The summed E-state index contributed by atoms with van der Waals surface area (Å²) in [7, 11) is 0. The van der Waals surface area contributed by atoms with Crippen molar-refractivity contribution in [2.75, 3.05) is 11.0 Å². The Balaban J connectivity index is 2.28. The number of rotatable bonds is 3. The van der Waals surface area contributed by atoms with Gasteiger partial charge in [0, 0.05) is 4.43 Å². The first-order valence-electron chi connectivity index (χ1n) is 4.18. The zero-order chi connectivity index (χ0) is 9.03.